The summed E-state index contributed by atoms with van der Waals surface area (Å²) in [5.41, 5.74) is 7.56. The van der Waals surface area contributed by atoms with E-state index in [1.165, 1.54) is 35.4 Å². The summed E-state index contributed by atoms with van der Waals surface area (Å²) in [5.74, 6) is 1.89. The number of ketones is 2. The van der Waals surface area contributed by atoms with Crippen molar-refractivity contribution in [1.29, 1.82) is 0 Å². The van der Waals surface area contributed by atoms with Crippen LogP contribution >= 0.6 is 0 Å². The van der Waals surface area contributed by atoms with Crippen LogP contribution in [0.15, 0.2) is 48.7 Å². The maximum Gasteiger partial charge on any atom is 0.163 e. The lowest BCUT2D eigenvalue weighted by Crippen LogP contribution is -2.19. The van der Waals surface area contributed by atoms with Crippen molar-refractivity contribution in [2.24, 2.45) is 5.92 Å². The number of phenolic OH excluding ortho intramolecular Hbond substituents is 1. The number of ether oxygens (including phenoxy) is 1. The van der Waals surface area contributed by atoms with E-state index < -0.39 is 0 Å². The molecule has 0 aliphatic carbocycles. The first kappa shape index (κ1) is 33.9. The third-order valence-electron chi connectivity index (χ3n) is 8.58. The highest BCUT2D eigenvalue weighted by atomic mass is 16.5. The van der Waals surface area contributed by atoms with Crippen molar-refractivity contribution in [2.75, 3.05) is 32.6 Å². The van der Waals surface area contributed by atoms with Crippen LogP contribution in [0.25, 0.3) is 6.08 Å². The van der Waals surface area contributed by atoms with Gasteiger partial charge in [-0.2, -0.15) is 0 Å². The van der Waals surface area contributed by atoms with Crippen molar-refractivity contribution in [3.8, 4) is 11.5 Å². The quantitative estimate of drug-likeness (QED) is 0.0888. The van der Waals surface area contributed by atoms with Crippen LogP contribution in [0.5, 0.6) is 11.5 Å². The second-order valence-corrected chi connectivity index (χ2v) is 12.6. The number of rotatable bonds is 16. The molecule has 1 aromatic heterocycles. The fourth-order valence-corrected chi connectivity index (χ4v) is 6.37. The number of carbonyl (C=O) groups is 2. The smallest absolute Gasteiger partial charge is 0.163 e. The molecule has 0 radical (unpaired) electrons. The number of methoxy groups -OCH3 is 1. The van der Waals surface area contributed by atoms with Gasteiger partial charge in [-0.1, -0.05) is 55.2 Å². The highest BCUT2D eigenvalue weighted by molar-refractivity contribution is 6.06. The number of pyridine rings is 1. The summed E-state index contributed by atoms with van der Waals surface area (Å²) in [6.07, 6.45) is 10.9. The zero-order valence-electron chi connectivity index (χ0n) is 27.5. The molecule has 0 saturated carbocycles. The third-order valence-corrected chi connectivity index (χ3v) is 8.58. The van der Waals surface area contributed by atoms with Crippen LogP contribution in [-0.4, -0.2) is 48.9 Å². The number of fused-ring (bicyclic) bond motifs is 1. The zero-order chi connectivity index (χ0) is 32.3. The summed E-state index contributed by atoms with van der Waals surface area (Å²) in [6.45, 7) is 8.36. The van der Waals surface area contributed by atoms with Crippen molar-refractivity contribution in [3.05, 3.63) is 87.6 Å². The Labute approximate surface area is 268 Å². The van der Waals surface area contributed by atoms with E-state index in [0.29, 0.717) is 24.5 Å². The Morgan fingerprint density at radius 2 is 1.89 bits per heavy atom. The molecule has 0 fully saturated rings. The van der Waals surface area contributed by atoms with Crippen molar-refractivity contribution in [1.82, 2.24) is 10.3 Å². The summed E-state index contributed by atoms with van der Waals surface area (Å²) in [7, 11) is 3.47. The average molecular weight is 612 g/mol. The number of phenols is 1. The van der Waals surface area contributed by atoms with Gasteiger partial charge in [0.2, 0.25) is 0 Å². The normalized spacial score (nSPS) is 15.0. The lowest BCUT2D eigenvalue weighted by Gasteiger charge is -2.27. The van der Waals surface area contributed by atoms with Gasteiger partial charge in [-0.25, -0.2) is 4.98 Å². The molecule has 0 bridgehead atoms. The molecule has 0 spiro atoms. The minimum atomic E-state index is -0.224. The van der Waals surface area contributed by atoms with Crippen LogP contribution in [0.2, 0.25) is 0 Å². The average Bonchev–Trinajstić information content (AvgIpc) is 2.99. The minimum Gasteiger partial charge on any atom is -0.504 e. The molecule has 7 nitrogen and oxygen atoms in total. The molecule has 2 heterocycles. The fourth-order valence-electron chi connectivity index (χ4n) is 6.37. The number of hydrogen-bond donors (Lipinski definition) is 3. The van der Waals surface area contributed by atoms with Crippen LogP contribution < -0.4 is 15.4 Å². The van der Waals surface area contributed by atoms with Gasteiger partial charge in [-0.05, 0) is 106 Å². The lowest BCUT2D eigenvalue weighted by molar-refractivity contribution is -0.124. The molecular formula is C38H49N3O4. The maximum absolute atomic E-state index is 12.7. The van der Waals surface area contributed by atoms with Crippen LogP contribution in [0.4, 0.5) is 5.82 Å². The van der Waals surface area contributed by atoms with Gasteiger partial charge in [0, 0.05) is 30.6 Å². The van der Waals surface area contributed by atoms with Gasteiger partial charge < -0.3 is 20.5 Å². The summed E-state index contributed by atoms with van der Waals surface area (Å²) in [5, 5.41) is 17.3. The Balaban J connectivity index is 1.45. The Bertz CT molecular complexity index is 1490. The van der Waals surface area contributed by atoms with Gasteiger partial charge in [-0.15, -0.1) is 0 Å². The first-order chi connectivity index (χ1) is 21.7. The van der Waals surface area contributed by atoms with Gasteiger partial charge in [0.15, 0.2) is 17.3 Å². The number of allylic oxidation sites excluding steroid dienone is 1. The molecule has 0 unspecified atom stereocenters. The van der Waals surface area contributed by atoms with Crippen LogP contribution in [0.3, 0.4) is 0 Å². The number of aromatic hydroxyl groups is 1. The molecule has 7 heteroatoms. The monoisotopic (exact) mass is 611 g/mol. The summed E-state index contributed by atoms with van der Waals surface area (Å²) < 4.78 is 5.36. The summed E-state index contributed by atoms with van der Waals surface area (Å²) in [4.78, 5) is 30.0. The zero-order valence-corrected chi connectivity index (χ0v) is 27.5. The molecule has 0 amide bonds. The largest absolute Gasteiger partial charge is 0.504 e. The molecule has 1 aliphatic heterocycles. The second kappa shape index (κ2) is 16.4. The second-order valence-electron chi connectivity index (χ2n) is 12.6. The molecule has 0 saturated heterocycles. The molecule has 2 aromatic carbocycles. The van der Waals surface area contributed by atoms with Gasteiger partial charge >= 0.3 is 0 Å². The number of anilines is 1. The SMILES string of the molecule is CNC[C@H](C)CCCCCC(=O)CC(=O)/C=C/c1cc(OC)c(O)cc1Cc1cnc2c(c1)[C@@H](c1cc(C)cc(C)c1)CCN2. The highest BCUT2D eigenvalue weighted by Gasteiger charge is 2.24. The Hall–Kier alpha value is -3.97. The number of nitrogens with one attached hydrogen (secondary N) is 2. The van der Waals surface area contributed by atoms with Crippen LogP contribution in [0, 0.1) is 19.8 Å². The third kappa shape index (κ3) is 9.76. The van der Waals surface area contributed by atoms with Gasteiger partial charge in [0.25, 0.3) is 0 Å². The molecule has 2 atom stereocenters. The number of carbonyl (C=O) groups excluding carboxylic acids is 2. The molecule has 3 N–H and O–H groups in total. The fraction of sp³-hybridized carbons (Fsp3) is 0.447. The number of nitrogens with zero attached hydrogens (tertiary/aromatic N) is 1. The number of Topliss-reactive ketones (excluding diaryl/α,β-unsaturated/α-hetero) is 1. The van der Waals surface area contributed by atoms with E-state index in [1.807, 2.05) is 13.2 Å². The molecule has 3 aromatic rings. The minimum absolute atomic E-state index is 0.0245. The maximum atomic E-state index is 12.7. The number of benzene rings is 2. The van der Waals surface area contributed by atoms with E-state index in [0.717, 1.165) is 67.7 Å². The Morgan fingerprint density at radius 1 is 1.11 bits per heavy atom. The Morgan fingerprint density at radius 3 is 2.62 bits per heavy atom. The predicted molar refractivity (Wildman–Crippen MR) is 182 cm³/mol. The molecule has 240 valence electrons. The molecule has 1 aliphatic rings. The van der Waals surface area contributed by atoms with Gasteiger partial charge in [0.05, 0.1) is 13.5 Å². The van der Waals surface area contributed by atoms with Gasteiger partial charge in [-0.3, -0.25) is 9.59 Å². The van der Waals surface area contributed by atoms with E-state index in [9.17, 15) is 14.7 Å². The van der Waals surface area contributed by atoms with E-state index in [4.69, 9.17) is 9.72 Å². The van der Waals surface area contributed by atoms with Crippen molar-refractivity contribution in [3.63, 3.8) is 0 Å². The van der Waals surface area contributed by atoms with E-state index in [-0.39, 0.29) is 29.7 Å². The first-order valence-corrected chi connectivity index (χ1v) is 16.2. The molecule has 45 heavy (non-hydrogen) atoms. The topological polar surface area (TPSA) is 101 Å². The van der Waals surface area contributed by atoms with Crippen LogP contribution in [0.1, 0.15) is 96.7 Å². The number of aromatic nitrogens is 1. The Kier molecular flexibility index (Phi) is 12.3. The van der Waals surface area contributed by atoms with Crippen molar-refractivity contribution in [2.45, 2.75) is 78.1 Å². The van der Waals surface area contributed by atoms with Gasteiger partial charge in [0.1, 0.15) is 11.6 Å². The lowest BCUT2D eigenvalue weighted by atomic mass is 9.84. The number of hydrogen-bond acceptors (Lipinski definition) is 7. The summed E-state index contributed by atoms with van der Waals surface area (Å²) in [6, 6.07) is 12.3. The molecular weight excluding hydrogens is 562 g/mol. The van der Waals surface area contributed by atoms with Crippen molar-refractivity contribution < 1.29 is 19.4 Å². The number of unbranched alkanes of at least 4 members (excludes halogenated alkanes) is 2. The predicted octanol–water partition coefficient (Wildman–Crippen LogP) is 7.30. The molecule has 4 rings (SSSR count). The van der Waals surface area contributed by atoms with E-state index in [1.54, 1.807) is 18.2 Å². The standard InChI is InChI=1S/C38H49N3O4/c1-25(23-39-4)9-7-6-8-10-32(42)22-33(43)12-11-29-21-37(45-5)36(44)20-30(29)18-28-19-35-34(13-14-40-38(35)41-24-28)31-16-26(2)15-27(3)17-31/h11-12,15-17,19-21,24-25,34,39,44H,6-10,13-14,18,22-23H2,1-5H3,(H,40,41)/b12-11+/t25-,34-/m1/s1. The van der Waals surface area contributed by atoms with Crippen LogP contribution in [-0.2, 0) is 16.0 Å². The number of aryl methyl sites for hydroxylation is 2. The van der Waals surface area contributed by atoms with Crippen molar-refractivity contribution >= 4 is 23.5 Å². The highest BCUT2D eigenvalue weighted by Crippen LogP contribution is 2.38. The first-order valence-electron chi connectivity index (χ1n) is 16.2. The van der Waals surface area contributed by atoms with E-state index >= 15 is 0 Å². The van der Waals surface area contributed by atoms with E-state index in [2.05, 4.69) is 55.7 Å². The summed E-state index contributed by atoms with van der Waals surface area (Å²) >= 11 is 0.